The number of rotatable bonds is 12. The molecule has 34 heavy (non-hydrogen) atoms. The summed E-state index contributed by atoms with van der Waals surface area (Å²) in [6.07, 6.45) is 1.40. The first-order valence-electron chi connectivity index (χ1n) is 10.2. The van der Waals surface area contributed by atoms with Crippen LogP contribution in [0.4, 0.5) is 24.5 Å². The number of amides is 2. The molecule has 184 valence electrons. The number of carbonyl (C=O) groups is 2. The zero-order valence-electron chi connectivity index (χ0n) is 18.6. The molecule has 0 atom stereocenters. The predicted molar refractivity (Wildman–Crippen MR) is 118 cm³/mol. The van der Waals surface area contributed by atoms with Crippen molar-refractivity contribution < 1.29 is 37.5 Å². The van der Waals surface area contributed by atoms with Gasteiger partial charge in [-0.25, -0.2) is 18.7 Å². The molecule has 0 saturated heterocycles. The fraction of sp³-hybridized carbons (Fsp3) is 0.318. The van der Waals surface area contributed by atoms with E-state index in [9.17, 15) is 22.8 Å². The first-order valence-corrected chi connectivity index (χ1v) is 10.2. The number of nitrogens with zero attached hydrogens (tertiary/aromatic N) is 1. The number of benzene rings is 2. The van der Waals surface area contributed by atoms with Gasteiger partial charge >= 0.3 is 0 Å². The second kappa shape index (κ2) is 13.2. The number of hydrogen-bond acceptors (Lipinski definition) is 7. The van der Waals surface area contributed by atoms with Crippen molar-refractivity contribution >= 4 is 29.4 Å². The Labute approximate surface area is 193 Å². The molecule has 12 heteroatoms. The molecule has 9 nitrogen and oxygen atoms in total. The molecule has 0 aliphatic carbocycles. The number of nitrogens with one attached hydrogen (secondary N) is 3. The average Bonchev–Trinajstić information content (AvgIpc) is 2.81. The first-order chi connectivity index (χ1) is 16.3. The molecule has 0 aliphatic heterocycles. The molecule has 0 unspecified atom stereocenters. The Balaban J connectivity index is 2.31. The van der Waals surface area contributed by atoms with Gasteiger partial charge in [0.2, 0.25) is 5.91 Å². The Morgan fingerprint density at radius 3 is 2.59 bits per heavy atom. The largest absolute Gasteiger partial charge is 0.396 e. The number of hydroxylamine groups is 1. The molecule has 0 fully saturated rings. The van der Waals surface area contributed by atoms with Gasteiger partial charge in [-0.2, -0.15) is 0 Å². The minimum absolute atomic E-state index is 0.0443. The lowest BCUT2D eigenvalue weighted by molar-refractivity contribution is -0.120. The molecule has 2 aromatic carbocycles. The molecule has 2 aromatic rings. The van der Waals surface area contributed by atoms with Crippen LogP contribution < -0.4 is 16.1 Å². The van der Waals surface area contributed by atoms with Crippen LogP contribution in [-0.2, 0) is 14.5 Å². The van der Waals surface area contributed by atoms with Crippen molar-refractivity contribution in [3.05, 3.63) is 58.4 Å². The Morgan fingerprint density at radius 1 is 1.15 bits per heavy atom. The number of aryl methyl sites for hydroxylation is 1. The van der Waals surface area contributed by atoms with Gasteiger partial charge in [-0.05, 0) is 37.1 Å². The normalized spacial score (nSPS) is 10.9. The van der Waals surface area contributed by atoms with Crippen molar-refractivity contribution in [2.45, 2.75) is 19.8 Å². The predicted octanol–water partition coefficient (Wildman–Crippen LogP) is 2.69. The summed E-state index contributed by atoms with van der Waals surface area (Å²) in [5.41, 5.74) is 0.933. The third-order valence-corrected chi connectivity index (χ3v) is 4.41. The summed E-state index contributed by atoms with van der Waals surface area (Å²) in [5, 5.41) is 17.2. The second-order valence-corrected chi connectivity index (χ2v) is 6.97. The summed E-state index contributed by atoms with van der Waals surface area (Å²) in [7, 11) is 1.49. The molecular formula is C22H25F3N4O5. The minimum atomic E-state index is -1.46. The maximum absolute atomic E-state index is 15.0. The highest BCUT2D eigenvalue weighted by Gasteiger charge is 2.23. The van der Waals surface area contributed by atoms with Gasteiger partial charge in [0.25, 0.3) is 5.91 Å². The SMILES string of the molecule is CNC(=O)CCCO/N=C\c1cc(C(=O)NOCCO)c(Nc2ccc(C)cc2F)c(F)c1F. The molecule has 0 spiro atoms. The van der Waals surface area contributed by atoms with Crippen LogP contribution in [0.15, 0.2) is 29.4 Å². The van der Waals surface area contributed by atoms with E-state index in [0.717, 1.165) is 12.3 Å². The van der Waals surface area contributed by atoms with Crippen LogP contribution in [0.25, 0.3) is 0 Å². The highest BCUT2D eigenvalue weighted by Crippen LogP contribution is 2.30. The van der Waals surface area contributed by atoms with Crippen molar-refractivity contribution in [2.75, 3.05) is 32.2 Å². The highest BCUT2D eigenvalue weighted by molar-refractivity contribution is 6.01. The summed E-state index contributed by atoms with van der Waals surface area (Å²) in [6, 6.07) is 5.02. The second-order valence-electron chi connectivity index (χ2n) is 6.97. The highest BCUT2D eigenvalue weighted by atomic mass is 19.2. The minimum Gasteiger partial charge on any atom is -0.396 e. The molecule has 0 heterocycles. The van der Waals surface area contributed by atoms with E-state index in [-0.39, 0.29) is 31.2 Å². The molecule has 2 rings (SSSR count). The number of aliphatic hydroxyl groups is 1. The number of carbonyl (C=O) groups excluding carboxylic acids is 2. The van der Waals surface area contributed by atoms with E-state index < -0.39 is 46.8 Å². The molecule has 0 saturated carbocycles. The smallest absolute Gasteiger partial charge is 0.277 e. The van der Waals surface area contributed by atoms with E-state index in [1.165, 1.54) is 19.2 Å². The Kier molecular flexibility index (Phi) is 10.3. The van der Waals surface area contributed by atoms with Crippen LogP contribution in [0.3, 0.4) is 0 Å². The standard InChI is InChI=1S/C22H25F3N4O5/c1-13-5-6-17(16(23)10-13)28-21-15(22(32)29-34-9-7-30)11-14(19(24)20(21)25)12-27-33-8-3-4-18(31)26-2/h5-6,10-12,28,30H,3-4,7-9H2,1-2H3,(H,26,31)(H,29,32)/b27-12-. The molecular weight excluding hydrogens is 457 g/mol. The quantitative estimate of drug-likeness (QED) is 0.210. The van der Waals surface area contributed by atoms with Gasteiger partial charge in [0, 0.05) is 19.0 Å². The van der Waals surface area contributed by atoms with Gasteiger partial charge in [-0.1, -0.05) is 11.2 Å². The number of oxime groups is 1. The molecule has 4 N–H and O–H groups in total. The van der Waals surface area contributed by atoms with Crippen molar-refractivity contribution in [1.29, 1.82) is 0 Å². The Hall–Kier alpha value is -3.64. The zero-order chi connectivity index (χ0) is 25.1. The Morgan fingerprint density at radius 2 is 1.91 bits per heavy atom. The molecule has 0 aromatic heterocycles. The summed E-state index contributed by atoms with van der Waals surface area (Å²) in [6.45, 7) is 1.05. The number of aliphatic hydroxyl groups excluding tert-OH is 1. The maximum Gasteiger partial charge on any atom is 0.277 e. The topological polar surface area (TPSA) is 121 Å². The average molecular weight is 482 g/mol. The van der Waals surface area contributed by atoms with Gasteiger partial charge < -0.3 is 20.6 Å². The van der Waals surface area contributed by atoms with Gasteiger partial charge in [0.05, 0.1) is 36.4 Å². The third kappa shape index (κ3) is 7.46. The molecule has 2 amide bonds. The van der Waals surface area contributed by atoms with E-state index in [1.807, 2.05) is 5.48 Å². The van der Waals surface area contributed by atoms with Crippen LogP contribution in [0.1, 0.15) is 34.3 Å². The van der Waals surface area contributed by atoms with Crippen molar-refractivity contribution in [1.82, 2.24) is 10.8 Å². The summed E-state index contributed by atoms with van der Waals surface area (Å²) in [4.78, 5) is 33.4. The van der Waals surface area contributed by atoms with Crippen LogP contribution in [0, 0.1) is 24.4 Å². The third-order valence-electron chi connectivity index (χ3n) is 4.41. The van der Waals surface area contributed by atoms with Crippen molar-refractivity contribution in [3.63, 3.8) is 0 Å². The van der Waals surface area contributed by atoms with E-state index in [4.69, 9.17) is 14.8 Å². The van der Waals surface area contributed by atoms with E-state index in [1.54, 1.807) is 13.0 Å². The first kappa shape index (κ1) is 26.6. The maximum atomic E-state index is 15.0. The van der Waals surface area contributed by atoms with Crippen molar-refractivity contribution in [3.8, 4) is 0 Å². The summed E-state index contributed by atoms with van der Waals surface area (Å²) >= 11 is 0. The lowest BCUT2D eigenvalue weighted by atomic mass is 10.1. The van der Waals surface area contributed by atoms with Gasteiger partial charge in [-0.15, -0.1) is 0 Å². The fourth-order valence-electron chi connectivity index (χ4n) is 2.68. The summed E-state index contributed by atoms with van der Waals surface area (Å²) in [5.74, 6) is -4.73. The number of halogens is 3. The molecule has 0 radical (unpaired) electrons. The number of anilines is 2. The van der Waals surface area contributed by atoms with Crippen LogP contribution in [-0.4, -0.2) is 50.0 Å². The van der Waals surface area contributed by atoms with Crippen LogP contribution in [0.5, 0.6) is 0 Å². The fourth-order valence-corrected chi connectivity index (χ4v) is 2.68. The molecule has 0 bridgehead atoms. The zero-order valence-corrected chi connectivity index (χ0v) is 18.6. The lowest BCUT2D eigenvalue weighted by Crippen LogP contribution is -2.26. The lowest BCUT2D eigenvalue weighted by Gasteiger charge is -2.15. The number of hydrogen-bond donors (Lipinski definition) is 4. The molecule has 0 aliphatic rings. The summed E-state index contributed by atoms with van der Waals surface area (Å²) < 4.78 is 43.9. The van der Waals surface area contributed by atoms with Gasteiger partial charge in [0.15, 0.2) is 11.6 Å². The van der Waals surface area contributed by atoms with Crippen LogP contribution in [0.2, 0.25) is 0 Å². The van der Waals surface area contributed by atoms with Crippen molar-refractivity contribution in [2.24, 2.45) is 5.16 Å². The van der Waals surface area contributed by atoms with Crippen LogP contribution >= 0.6 is 0 Å². The van der Waals surface area contributed by atoms with E-state index in [2.05, 4.69) is 15.8 Å². The van der Waals surface area contributed by atoms with Gasteiger partial charge in [-0.3, -0.25) is 14.4 Å². The van der Waals surface area contributed by atoms with E-state index in [0.29, 0.717) is 12.0 Å². The monoisotopic (exact) mass is 482 g/mol. The Bertz CT molecular complexity index is 1050. The van der Waals surface area contributed by atoms with E-state index >= 15 is 0 Å². The van der Waals surface area contributed by atoms with Gasteiger partial charge in [0.1, 0.15) is 12.4 Å².